The highest BCUT2D eigenvalue weighted by Gasteiger charge is 2.31. The summed E-state index contributed by atoms with van der Waals surface area (Å²) in [6.45, 7) is 3.86. The summed E-state index contributed by atoms with van der Waals surface area (Å²) >= 11 is 0. The Balaban J connectivity index is 1.39. The Hall–Kier alpha value is -4.66. The summed E-state index contributed by atoms with van der Waals surface area (Å²) in [4.78, 5) is 50.3. The number of nitrogens with one attached hydrogen (secondary N) is 2. The van der Waals surface area contributed by atoms with Gasteiger partial charge in [0.2, 0.25) is 5.91 Å². The van der Waals surface area contributed by atoms with Gasteiger partial charge in [-0.1, -0.05) is 92.7 Å². The molecule has 3 aromatic rings. The van der Waals surface area contributed by atoms with Crippen molar-refractivity contribution >= 4 is 23.9 Å². The van der Waals surface area contributed by atoms with Crippen molar-refractivity contribution in [2.24, 2.45) is 5.92 Å². The van der Waals surface area contributed by atoms with Gasteiger partial charge in [-0.25, -0.2) is 9.59 Å². The van der Waals surface area contributed by atoms with Gasteiger partial charge in [-0.05, 0) is 46.6 Å². The molecule has 1 aliphatic rings. The Morgan fingerprint density at radius 2 is 1.38 bits per heavy atom. The fraction of sp³-hybridized carbons (Fsp3) is 0.333. The summed E-state index contributed by atoms with van der Waals surface area (Å²) in [5, 5.41) is 14.4. The number of carbonyl (C=O) groups excluding carboxylic acids is 3. The van der Waals surface area contributed by atoms with Crippen molar-refractivity contribution in [3.8, 4) is 11.1 Å². The zero-order chi connectivity index (χ0) is 30.1. The van der Waals surface area contributed by atoms with Crippen LogP contribution in [0.1, 0.15) is 55.7 Å². The minimum atomic E-state index is -1.20. The van der Waals surface area contributed by atoms with E-state index in [2.05, 4.69) is 10.6 Å². The van der Waals surface area contributed by atoms with Crippen molar-refractivity contribution < 1.29 is 33.8 Å². The van der Waals surface area contributed by atoms with Gasteiger partial charge in [-0.3, -0.25) is 9.59 Å². The van der Waals surface area contributed by atoms with Crippen LogP contribution in [-0.2, 0) is 30.5 Å². The van der Waals surface area contributed by atoms with Gasteiger partial charge in [0.15, 0.2) is 0 Å². The number of rotatable bonds is 13. The van der Waals surface area contributed by atoms with E-state index >= 15 is 0 Å². The lowest BCUT2D eigenvalue weighted by molar-refractivity contribution is -0.150. The third kappa shape index (κ3) is 7.96. The van der Waals surface area contributed by atoms with Gasteiger partial charge in [0.05, 0.1) is 0 Å². The topological polar surface area (TPSA) is 131 Å². The van der Waals surface area contributed by atoms with Gasteiger partial charge < -0.3 is 25.2 Å². The predicted molar refractivity (Wildman–Crippen MR) is 156 cm³/mol. The summed E-state index contributed by atoms with van der Waals surface area (Å²) in [6.07, 6.45) is -0.985. The van der Waals surface area contributed by atoms with E-state index in [1.807, 2.05) is 68.4 Å². The van der Waals surface area contributed by atoms with Crippen LogP contribution in [0.5, 0.6) is 0 Å². The van der Waals surface area contributed by atoms with E-state index in [0.29, 0.717) is 0 Å². The number of aliphatic carboxylic acids is 1. The van der Waals surface area contributed by atoms with Gasteiger partial charge >= 0.3 is 18.0 Å². The maximum atomic E-state index is 13.3. The van der Waals surface area contributed by atoms with Crippen LogP contribution in [0.4, 0.5) is 4.79 Å². The normalized spacial score (nSPS) is 13.4. The van der Waals surface area contributed by atoms with Crippen molar-refractivity contribution in [3.63, 3.8) is 0 Å². The van der Waals surface area contributed by atoms with Crippen molar-refractivity contribution in [3.05, 3.63) is 95.6 Å². The van der Waals surface area contributed by atoms with E-state index in [4.69, 9.17) is 14.6 Å². The van der Waals surface area contributed by atoms with Gasteiger partial charge in [0, 0.05) is 12.3 Å². The quantitative estimate of drug-likeness (QED) is 0.245. The number of alkyl carbamates (subject to hydrolysis) is 1. The molecule has 9 nitrogen and oxygen atoms in total. The third-order valence-corrected chi connectivity index (χ3v) is 7.13. The molecule has 220 valence electrons. The van der Waals surface area contributed by atoms with Crippen LogP contribution in [-0.4, -0.2) is 47.7 Å². The van der Waals surface area contributed by atoms with E-state index in [9.17, 15) is 19.2 Å². The van der Waals surface area contributed by atoms with Gasteiger partial charge in [-0.2, -0.15) is 0 Å². The number of hydrogen-bond acceptors (Lipinski definition) is 6. The van der Waals surface area contributed by atoms with Crippen LogP contribution in [0.3, 0.4) is 0 Å². The highest BCUT2D eigenvalue weighted by Crippen LogP contribution is 2.44. The molecule has 3 N–H and O–H groups in total. The number of ether oxygens (including phenoxy) is 2. The van der Waals surface area contributed by atoms with E-state index in [0.717, 1.165) is 27.8 Å². The van der Waals surface area contributed by atoms with E-state index in [1.165, 1.54) is 0 Å². The van der Waals surface area contributed by atoms with E-state index in [1.54, 1.807) is 24.3 Å². The lowest BCUT2D eigenvalue weighted by atomic mass is 9.98. The van der Waals surface area contributed by atoms with Crippen LogP contribution in [0.2, 0.25) is 0 Å². The molecule has 0 bridgehead atoms. The fourth-order valence-corrected chi connectivity index (χ4v) is 5.10. The molecule has 0 saturated heterocycles. The molecule has 9 heteroatoms. The molecule has 0 radical (unpaired) electrons. The standard InChI is InChI=1S/C33H36N2O7/c1-21(2)18-29(31(38)34-28(16-17-30(36)37)32(39)41-19-22-10-4-3-5-11-22)35-33(40)42-20-27-25-14-8-6-12-23(25)24-13-7-9-15-26(24)27/h3-15,21,27-29H,16-20H2,1-2H3,(H,34,38)(H,35,40)(H,36,37)/t28-,29-/m0/s1. The Labute approximate surface area is 245 Å². The molecule has 0 unspecified atom stereocenters. The maximum absolute atomic E-state index is 13.3. The van der Waals surface area contributed by atoms with Crippen molar-refractivity contribution in [1.82, 2.24) is 10.6 Å². The Morgan fingerprint density at radius 3 is 1.98 bits per heavy atom. The van der Waals surface area contributed by atoms with E-state index < -0.39 is 36.0 Å². The highest BCUT2D eigenvalue weighted by atomic mass is 16.5. The number of carbonyl (C=O) groups is 4. The first kappa shape index (κ1) is 30.3. The highest BCUT2D eigenvalue weighted by molar-refractivity contribution is 5.90. The lowest BCUT2D eigenvalue weighted by Gasteiger charge is -2.24. The minimum absolute atomic E-state index is 0.0213. The number of carboxylic acids is 1. The molecular weight excluding hydrogens is 536 g/mol. The predicted octanol–water partition coefficient (Wildman–Crippen LogP) is 5.03. The molecule has 0 aliphatic heterocycles. The van der Waals surface area contributed by atoms with Crippen LogP contribution >= 0.6 is 0 Å². The SMILES string of the molecule is CC(C)C[C@H](NC(=O)OCC1c2ccccc2-c2ccccc21)C(=O)N[C@@H](CCC(=O)O)C(=O)OCc1ccccc1. The van der Waals surface area contributed by atoms with Crippen molar-refractivity contribution in [2.45, 2.75) is 57.7 Å². The summed E-state index contributed by atoms with van der Waals surface area (Å²) in [7, 11) is 0. The van der Waals surface area contributed by atoms with Crippen LogP contribution in [0, 0.1) is 5.92 Å². The number of benzene rings is 3. The summed E-state index contributed by atoms with van der Waals surface area (Å²) in [5.41, 5.74) is 5.09. The lowest BCUT2D eigenvalue weighted by Crippen LogP contribution is -2.52. The maximum Gasteiger partial charge on any atom is 0.407 e. The van der Waals surface area contributed by atoms with Gasteiger partial charge in [0.1, 0.15) is 25.3 Å². The Bertz CT molecular complexity index is 1360. The van der Waals surface area contributed by atoms with Gasteiger partial charge in [0.25, 0.3) is 0 Å². The molecule has 3 aromatic carbocycles. The molecule has 4 rings (SSSR count). The van der Waals surface area contributed by atoms with Crippen molar-refractivity contribution in [1.29, 1.82) is 0 Å². The molecule has 1 aliphatic carbocycles. The monoisotopic (exact) mass is 572 g/mol. The smallest absolute Gasteiger partial charge is 0.407 e. The molecule has 42 heavy (non-hydrogen) atoms. The first-order valence-electron chi connectivity index (χ1n) is 14.1. The third-order valence-electron chi connectivity index (χ3n) is 7.13. The molecule has 0 heterocycles. The number of carboxylic acid groups (broad SMARTS) is 1. The number of amides is 2. The second-order valence-corrected chi connectivity index (χ2v) is 10.7. The molecular formula is C33H36N2O7. The molecule has 0 aromatic heterocycles. The summed E-state index contributed by atoms with van der Waals surface area (Å²) < 4.78 is 11.0. The average molecular weight is 573 g/mol. The second-order valence-electron chi connectivity index (χ2n) is 10.7. The first-order valence-corrected chi connectivity index (χ1v) is 14.1. The van der Waals surface area contributed by atoms with E-state index in [-0.39, 0.29) is 44.3 Å². The number of hydrogen-bond donors (Lipinski definition) is 3. The molecule has 0 saturated carbocycles. The molecule has 0 spiro atoms. The van der Waals surface area contributed by atoms with Crippen molar-refractivity contribution in [2.75, 3.05) is 6.61 Å². The largest absolute Gasteiger partial charge is 0.481 e. The first-order chi connectivity index (χ1) is 20.2. The minimum Gasteiger partial charge on any atom is -0.481 e. The Morgan fingerprint density at radius 1 is 0.786 bits per heavy atom. The Kier molecular flexibility index (Phi) is 10.3. The summed E-state index contributed by atoms with van der Waals surface area (Å²) in [6, 6.07) is 22.8. The average Bonchev–Trinajstić information content (AvgIpc) is 3.30. The number of fused-ring (bicyclic) bond motifs is 3. The van der Waals surface area contributed by atoms with Gasteiger partial charge in [-0.15, -0.1) is 0 Å². The van der Waals surface area contributed by atoms with Crippen LogP contribution < -0.4 is 10.6 Å². The number of esters is 1. The zero-order valence-electron chi connectivity index (χ0n) is 23.7. The van der Waals surface area contributed by atoms with Crippen LogP contribution in [0.25, 0.3) is 11.1 Å². The zero-order valence-corrected chi connectivity index (χ0v) is 23.7. The molecule has 2 atom stereocenters. The fourth-order valence-electron chi connectivity index (χ4n) is 5.10. The molecule has 2 amide bonds. The van der Waals surface area contributed by atoms with Crippen LogP contribution in [0.15, 0.2) is 78.9 Å². The molecule has 0 fully saturated rings. The summed E-state index contributed by atoms with van der Waals surface area (Å²) in [5.74, 6) is -2.60. The second kappa shape index (κ2) is 14.3.